The molecular weight excluding hydrogens is 407 g/mol. The lowest BCUT2D eigenvalue weighted by atomic mass is 9.92. The molecule has 3 rings (SSSR count). The molecule has 0 bridgehead atoms. The molecule has 0 radical (unpaired) electrons. The summed E-state index contributed by atoms with van der Waals surface area (Å²) in [5, 5.41) is 7.59. The Balaban J connectivity index is 1.73. The Morgan fingerprint density at radius 1 is 1.06 bits per heavy atom. The molecule has 0 aliphatic rings. The molecule has 1 aromatic heterocycles. The molecule has 0 fully saturated rings. The summed E-state index contributed by atoms with van der Waals surface area (Å²) in [5.41, 5.74) is 3.30. The van der Waals surface area contributed by atoms with Gasteiger partial charge in [-0.3, -0.25) is 9.59 Å². The SMILES string of the molecule is Cc1ccc(-n2nc(C(C)(C)C)cc2NC(=O)CN(C)C(=O)Cc2ccc(F)cc2)cc1. The molecular formula is C25H29FN4O2. The van der Waals surface area contributed by atoms with E-state index in [0.29, 0.717) is 11.4 Å². The van der Waals surface area contributed by atoms with E-state index in [2.05, 4.69) is 26.1 Å². The van der Waals surface area contributed by atoms with Crippen molar-refractivity contribution in [2.45, 2.75) is 39.5 Å². The smallest absolute Gasteiger partial charge is 0.245 e. The van der Waals surface area contributed by atoms with Gasteiger partial charge in [0.25, 0.3) is 0 Å². The largest absolute Gasteiger partial charge is 0.336 e. The number of likely N-dealkylation sites (N-methyl/N-ethyl adjacent to an activating group) is 1. The van der Waals surface area contributed by atoms with Crippen molar-refractivity contribution in [1.82, 2.24) is 14.7 Å². The number of carbonyl (C=O) groups is 2. The fraction of sp³-hybridized carbons (Fsp3) is 0.320. The summed E-state index contributed by atoms with van der Waals surface area (Å²) in [6.45, 7) is 8.08. The quantitative estimate of drug-likeness (QED) is 0.628. The topological polar surface area (TPSA) is 67.2 Å². The zero-order valence-electron chi connectivity index (χ0n) is 19.1. The summed E-state index contributed by atoms with van der Waals surface area (Å²) in [7, 11) is 1.57. The number of benzene rings is 2. The molecule has 0 aliphatic carbocycles. The Labute approximate surface area is 188 Å². The second kappa shape index (κ2) is 9.34. The van der Waals surface area contributed by atoms with Crippen molar-refractivity contribution >= 4 is 17.6 Å². The van der Waals surface area contributed by atoms with Gasteiger partial charge in [0.2, 0.25) is 11.8 Å². The van der Waals surface area contributed by atoms with Gasteiger partial charge in [0.1, 0.15) is 11.6 Å². The molecule has 1 heterocycles. The number of hydrogen-bond donors (Lipinski definition) is 1. The molecule has 0 aliphatic heterocycles. The molecule has 2 amide bonds. The Kier molecular flexibility index (Phi) is 6.77. The Bertz CT molecular complexity index is 1100. The van der Waals surface area contributed by atoms with Gasteiger partial charge in [-0.1, -0.05) is 50.6 Å². The lowest BCUT2D eigenvalue weighted by molar-refractivity contribution is -0.132. The zero-order valence-corrected chi connectivity index (χ0v) is 19.1. The highest BCUT2D eigenvalue weighted by Crippen LogP contribution is 2.26. The van der Waals surface area contributed by atoms with Crippen LogP contribution in [0.15, 0.2) is 54.6 Å². The lowest BCUT2D eigenvalue weighted by Gasteiger charge is -2.17. The predicted molar refractivity (Wildman–Crippen MR) is 123 cm³/mol. The van der Waals surface area contributed by atoms with Crippen molar-refractivity contribution in [2.75, 3.05) is 18.9 Å². The molecule has 32 heavy (non-hydrogen) atoms. The fourth-order valence-corrected chi connectivity index (χ4v) is 3.12. The van der Waals surface area contributed by atoms with Crippen LogP contribution < -0.4 is 5.32 Å². The molecule has 3 aromatic rings. The maximum Gasteiger partial charge on any atom is 0.245 e. The van der Waals surface area contributed by atoms with E-state index in [-0.39, 0.29) is 36.0 Å². The van der Waals surface area contributed by atoms with Crippen molar-refractivity contribution in [3.63, 3.8) is 0 Å². The van der Waals surface area contributed by atoms with Crippen LogP contribution in [0.3, 0.4) is 0 Å². The summed E-state index contributed by atoms with van der Waals surface area (Å²) < 4.78 is 14.8. The zero-order chi connectivity index (χ0) is 23.5. The first-order valence-corrected chi connectivity index (χ1v) is 10.5. The number of halogens is 1. The average Bonchev–Trinajstić information content (AvgIpc) is 3.14. The van der Waals surface area contributed by atoms with E-state index in [9.17, 15) is 14.0 Å². The van der Waals surface area contributed by atoms with Gasteiger partial charge >= 0.3 is 0 Å². The summed E-state index contributed by atoms with van der Waals surface area (Å²) >= 11 is 0. The average molecular weight is 437 g/mol. The van der Waals surface area contributed by atoms with E-state index in [1.165, 1.54) is 17.0 Å². The van der Waals surface area contributed by atoms with Crippen molar-refractivity contribution in [3.8, 4) is 5.69 Å². The van der Waals surface area contributed by atoms with Crippen molar-refractivity contribution in [3.05, 3.63) is 77.2 Å². The highest BCUT2D eigenvalue weighted by atomic mass is 19.1. The Morgan fingerprint density at radius 2 is 1.69 bits per heavy atom. The van der Waals surface area contributed by atoms with Crippen LogP contribution in [-0.2, 0) is 21.4 Å². The maximum atomic E-state index is 13.1. The van der Waals surface area contributed by atoms with E-state index in [1.54, 1.807) is 23.9 Å². The highest BCUT2D eigenvalue weighted by Gasteiger charge is 2.22. The number of nitrogens with one attached hydrogen (secondary N) is 1. The Hall–Kier alpha value is -3.48. The van der Waals surface area contributed by atoms with Crippen LogP contribution >= 0.6 is 0 Å². The van der Waals surface area contributed by atoms with Crippen LogP contribution in [0, 0.1) is 12.7 Å². The molecule has 0 spiro atoms. The van der Waals surface area contributed by atoms with Gasteiger partial charge in [-0.15, -0.1) is 0 Å². The van der Waals surface area contributed by atoms with Gasteiger partial charge in [-0.25, -0.2) is 9.07 Å². The normalized spacial score (nSPS) is 11.3. The number of aryl methyl sites for hydroxylation is 1. The van der Waals surface area contributed by atoms with Gasteiger partial charge in [0.05, 0.1) is 24.3 Å². The molecule has 2 aromatic carbocycles. The third-order valence-electron chi connectivity index (χ3n) is 5.10. The molecule has 168 valence electrons. The van der Waals surface area contributed by atoms with E-state index in [1.807, 2.05) is 37.3 Å². The van der Waals surface area contributed by atoms with Crippen LogP contribution in [0.5, 0.6) is 0 Å². The minimum atomic E-state index is -0.353. The molecule has 6 nitrogen and oxygen atoms in total. The van der Waals surface area contributed by atoms with Gasteiger partial charge in [-0.05, 0) is 36.8 Å². The summed E-state index contributed by atoms with van der Waals surface area (Å²) in [4.78, 5) is 26.6. The minimum Gasteiger partial charge on any atom is -0.336 e. The van der Waals surface area contributed by atoms with Gasteiger partial charge in [-0.2, -0.15) is 5.10 Å². The van der Waals surface area contributed by atoms with Crippen LogP contribution in [-0.4, -0.2) is 40.1 Å². The molecule has 0 unspecified atom stereocenters. The predicted octanol–water partition coefficient (Wildman–Crippen LogP) is 4.26. The van der Waals surface area contributed by atoms with Crippen molar-refractivity contribution in [1.29, 1.82) is 0 Å². The molecule has 1 N–H and O–H groups in total. The summed E-state index contributed by atoms with van der Waals surface area (Å²) in [6, 6.07) is 15.5. The number of amides is 2. The minimum absolute atomic E-state index is 0.0968. The van der Waals surface area contributed by atoms with E-state index in [4.69, 9.17) is 5.10 Å². The number of hydrogen-bond acceptors (Lipinski definition) is 3. The molecule has 7 heteroatoms. The fourth-order valence-electron chi connectivity index (χ4n) is 3.12. The second-order valence-electron chi connectivity index (χ2n) is 9.01. The molecule has 0 atom stereocenters. The third-order valence-corrected chi connectivity index (χ3v) is 5.10. The van der Waals surface area contributed by atoms with E-state index in [0.717, 1.165) is 16.9 Å². The van der Waals surface area contributed by atoms with Crippen molar-refractivity contribution < 1.29 is 14.0 Å². The number of nitrogens with zero attached hydrogens (tertiary/aromatic N) is 3. The monoisotopic (exact) mass is 436 g/mol. The van der Waals surface area contributed by atoms with Crippen LogP contribution in [0.2, 0.25) is 0 Å². The molecule has 0 saturated carbocycles. The number of anilines is 1. The lowest BCUT2D eigenvalue weighted by Crippen LogP contribution is -2.36. The number of carbonyl (C=O) groups excluding carboxylic acids is 2. The summed E-state index contributed by atoms with van der Waals surface area (Å²) in [5.74, 6) is -0.361. The van der Waals surface area contributed by atoms with Gasteiger partial charge in [0.15, 0.2) is 0 Å². The number of aromatic nitrogens is 2. The Morgan fingerprint density at radius 3 is 2.28 bits per heavy atom. The molecule has 0 saturated heterocycles. The van der Waals surface area contributed by atoms with E-state index >= 15 is 0 Å². The third kappa shape index (κ3) is 5.81. The van der Waals surface area contributed by atoms with Gasteiger partial charge in [0, 0.05) is 18.5 Å². The maximum absolute atomic E-state index is 13.1. The second-order valence-corrected chi connectivity index (χ2v) is 9.01. The van der Waals surface area contributed by atoms with Crippen LogP contribution in [0.25, 0.3) is 5.69 Å². The first-order chi connectivity index (χ1) is 15.0. The first-order valence-electron chi connectivity index (χ1n) is 10.5. The summed E-state index contributed by atoms with van der Waals surface area (Å²) in [6.07, 6.45) is 0.0968. The van der Waals surface area contributed by atoms with Gasteiger partial charge < -0.3 is 10.2 Å². The number of rotatable bonds is 6. The first kappa shape index (κ1) is 23.2. The standard InChI is InChI=1S/C25H29FN4O2/c1-17-6-12-20(13-7-17)30-22(15-21(28-30)25(2,3)4)27-23(31)16-29(5)24(32)14-18-8-10-19(26)11-9-18/h6-13,15H,14,16H2,1-5H3,(H,27,31). The highest BCUT2D eigenvalue weighted by molar-refractivity contribution is 5.94. The van der Waals surface area contributed by atoms with Crippen molar-refractivity contribution in [2.24, 2.45) is 0 Å². The van der Waals surface area contributed by atoms with E-state index < -0.39 is 0 Å². The van der Waals surface area contributed by atoms with Crippen LogP contribution in [0.4, 0.5) is 10.2 Å². The van der Waals surface area contributed by atoms with Crippen LogP contribution in [0.1, 0.15) is 37.6 Å².